The van der Waals surface area contributed by atoms with Gasteiger partial charge in [0.15, 0.2) is 0 Å². The minimum atomic E-state index is -0.0954. The summed E-state index contributed by atoms with van der Waals surface area (Å²) >= 11 is 0. The number of carbonyl (C=O) groups excluding carboxylic acids is 1. The second-order valence-electron chi connectivity index (χ2n) is 6.11. The van der Waals surface area contributed by atoms with Crippen LogP contribution in [0.25, 0.3) is 0 Å². The number of hydrogen-bond donors (Lipinski definition) is 1. The molecule has 140 valence electrons. The maximum Gasteiger partial charge on any atom is 0.251 e. The Morgan fingerprint density at radius 2 is 1.85 bits per heavy atom. The summed E-state index contributed by atoms with van der Waals surface area (Å²) in [5.74, 6) is 1.37. The summed E-state index contributed by atoms with van der Waals surface area (Å²) < 4.78 is 10.8. The van der Waals surface area contributed by atoms with Gasteiger partial charge in [0.05, 0.1) is 13.7 Å². The number of unbranched alkanes of at least 4 members (excludes halogenated alkanes) is 1. The minimum Gasteiger partial charge on any atom is -0.497 e. The van der Waals surface area contributed by atoms with Crippen molar-refractivity contribution in [1.29, 1.82) is 0 Å². The smallest absolute Gasteiger partial charge is 0.251 e. The molecule has 2 aromatic rings. The van der Waals surface area contributed by atoms with Gasteiger partial charge in [0.25, 0.3) is 5.91 Å². The monoisotopic (exact) mass is 356 g/mol. The molecule has 0 heterocycles. The van der Waals surface area contributed by atoms with Crippen LogP contribution in [-0.4, -0.2) is 39.8 Å². The number of amides is 1. The lowest BCUT2D eigenvalue weighted by molar-refractivity contribution is 0.0947. The van der Waals surface area contributed by atoms with Gasteiger partial charge in [0.2, 0.25) is 0 Å². The van der Waals surface area contributed by atoms with Crippen LogP contribution in [0.1, 0.15) is 30.1 Å². The van der Waals surface area contributed by atoms with E-state index >= 15 is 0 Å². The zero-order valence-electron chi connectivity index (χ0n) is 15.8. The van der Waals surface area contributed by atoms with E-state index in [9.17, 15) is 4.79 Å². The average molecular weight is 356 g/mol. The molecule has 0 aliphatic heterocycles. The lowest BCUT2D eigenvalue weighted by Crippen LogP contribution is -2.28. The van der Waals surface area contributed by atoms with E-state index in [1.54, 1.807) is 7.11 Å². The van der Waals surface area contributed by atoms with Crippen LogP contribution < -0.4 is 19.7 Å². The Balaban J connectivity index is 1.76. The van der Waals surface area contributed by atoms with E-state index in [2.05, 4.69) is 24.2 Å². The van der Waals surface area contributed by atoms with Crippen molar-refractivity contribution in [2.24, 2.45) is 0 Å². The largest absolute Gasteiger partial charge is 0.497 e. The SMILES string of the molecule is CCCCN(C)c1ccc(C(=O)NCCOc2cccc(OC)c2)cc1. The van der Waals surface area contributed by atoms with Crippen LogP contribution in [0, 0.1) is 0 Å². The second kappa shape index (κ2) is 10.3. The van der Waals surface area contributed by atoms with Crippen LogP contribution >= 0.6 is 0 Å². The van der Waals surface area contributed by atoms with Gasteiger partial charge in [-0.3, -0.25) is 4.79 Å². The van der Waals surface area contributed by atoms with Crippen molar-refractivity contribution >= 4 is 11.6 Å². The molecular formula is C21H28N2O3. The van der Waals surface area contributed by atoms with Crippen molar-refractivity contribution in [3.63, 3.8) is 0 Å². The minimum absolute atomic E-state index is 0.0954. The van der Waals surface area contributed by atoms with Gasteiger partial charge in [-0.05, 0) is 42.8 Å². The molecule has 0 fully saturated rings. The maximum absolute atomic E-state index is 12.2. The number of rotatable bonds is 10. The van der Waals surface area contributed by atoms with E-state index in [-0.39, 0.29) is 5.91 Å². The van der Waals surface area contributed by atoms with Crippen molar-refractivity contribution in [3.05, 3.63) is 54.1 Å². The quantitative estimate of drug-likeness (QED) is 0.659. The summed E-state index contributed by atoms with van der Waals surface area (Å²) in [6.07, 6.45) is 2.33. The fraction of sp³-hybridized carbons (Fsp3) is 0.381. The van der Waals surface area contributed by atoms with Crippen LogP contribution in [0.2, 0.25) is 0 Å². The molecule has 0 unspecified atom stereocenters. The highest BCUT2D eigenvalue weighted by molar-refractivity contribution is 5.94. The third-order valence-corrected chi connectivity index (χ3v) is 4.11. The molecule has 5 heteroatoms. The number of hydrogen-bond acceptors (Lipinski definition) is 4. The summed E-state index contributed by atoms with van der Waals surface area (Å²) in [5, 5.41) is 2.87. The first-order chi connectivity index (χ1) is 12.6. The molecule has 0 saturated heterocycles. The Labute approximate surface area is 155 Å². The van der Waals surface area contributed by atoms with Gasteiger partial charge >= 0.3 is 0 Å². The highest BCUT2D eigenvalue weighted by atomic mass is 16.5. The Morgan fingerprint density at radius 3 is 2.54 bits per heavy atom. The average Bonchev–Trinajstić information content (AvgIpc) is 2.69. The Kier molecular flexibility index (Phi) is 7.80. The molecule has 0 atom stereocenters. The third-order valence-electron chi connectivity index (χ3n) is 4.11. The molecule has 5 nitrogen and oxygen atoms in total. The molecule has 0 aliphatic carbocycles. The summed E-state index contributed by atoms with van der Waals surface area (Å²) in [4.78, 5) is 14.4. The summed E-state index contributed by atoms with van der Waals surface area (Å²) in [7, 11) is 3.69. The number of anilines is 1. The van der Waals surface area contributed by atoms with Crippen LogP contribution in [0.3, 0.4) is 0 Å². The van der Waals surface area contributed by atoms with Gasteiger partial charge in [0.1, 0.15) is 18.1 Å². The van der Waals surface area contributed by atoms with Crippen molar-refractivity contribution in [3.8, 4) is 11.5 Å². The maximum atomic E-state index is 12.2. The Hall–Kier alpha value is -2.69. The molecule has 0 bridgehead atoms. The molecule has 0 saturated carbocycles. The predicted molar refractivity (Wildman–Crippen MR) is 105 cm³/mol. The molecule has 0 aromatic heterocycles. The molecule has 2 aromatic carbocycles. The van der Waals surface area contributed by atoms with E-state index < -0.39 is 0 Å². The summed E-state index contributed by atoms with van der Waals surface area (Å²) in [6, 6.07) is 15.1. The van der Waals surface area contributed by atoms with Gasteiger partial charge < -0.3 is 19.7 Å². The van der Waals surface area contributed by atoms with Gasteiger partial charge in [0, 0.05) is 30.9 Å². The zero-order valence-corrected chi connectivity index (χ0v) is 15.8. The fourth-order valence-electron chi connectivity index (χ4n) is 2.52. The van der Waals surface area contributed by atoms with E-state index in [0.29, 0.717) is 18.7 Å². The van der Waals surface area contributed by atoms with Gasteiger partial charge in [-0.2, -0.15) is 0 Å². The number of ether oxygens (including phenoxy) is 2. The van der Waals surface area contributed by atoms with Gasteiger partial charge in [-0.1, -0.05) is 19.4 Å². The van der Waals surface area contributed by atoms with Crippen LogP contribution in [0.5, 0.6) is 11.5 Å². The van der Waals surface area contributed by atoms with Crippen molar-refractivity contribution in [1.82, 2.24) is 5.32 Å². The molecule has 1 N–H and O–H groups in total. The van der Waals surface area contributed by atoms with Crippen molar-refractivity contribution in [2.75, 3.05) is 38.8 Å². The first-order valence-corrected chi connectivity index (χ1v) is 9.00. The number of carbonyl (C=O) groups is 1. The summed E-state index contributed by atoms with van der Waals surface area (Å²) in [6.45, 7) is 4.04. The number of benzene rings is 2. The zero-order chi connectivity index (χ0) is 18.8. The lowest BCUT2D eigenvalue weighted by atomic mass is 10.2. The summed E-state index contributed by atoms with van der Waals surface area (Å²) in [5.41, 5.74) is 1.77. The second-order valence-corrected chi connectivity index (χ2v) is 6.11. The van der Waals surface area contributed by atoms with E-state index in [0.717, 1.165) is 30.2 Å². The highest BCUT2D eigenvalue weighted by Crippen LogP contribution is 2.18. The normalized spacial score (nSPS) is 10.3. The van der Waals surface area contributed by atoms with E-state index in [1.807, 2.05) is 48.5 Å². The standard InChI is InChI=1S/C21H28N2O3/c1-4-5-14-23(2)18-11-9-17(10-12-18)21(24)22-13-15-26-20-8-6-7-19(16-20)25-3/h6-12,16H,4-5,13-15H2,1-3H3,(H,22,24). The van der Waals surface area contributed by atoms with Crippen LogP contribution in [-0.2, 0) is 0 Å². The first kappa shape index (κ1) is 19.6. The third kappa shape index (κ3) is 5.99. The van der Waals surface area contributed by atoms with E-state index in [4.69, 9.17) is 9.47 Å². The molecule has 0 spiro atoms. The van der Waals surface area contributed by atoms with Crippen LogP contribution in [0.4, 0.5) is 5.69 Å². The molecule has 1 amide bonds. The Morgan fingerprint density at radius 1 is 1.12 bits per heavy atom. The highest BCUT2D eigenvalue weighted by Gasteiger charge is 2.06. The van der Waals surface area contributed by atoms with E-state index in [1.165, 1.54) is 6.42 Å². The molecular weight excluding hydrogens is 328 g/mol. The Bertz CT molecular complexity index is 686. The topological polar surface area (TPSA) is 50.8 Å². The first-order valence-electron chi connectivity index (χ1n) is 9.00. The van der Waals surface area contributed by atoms with Gasteiger partial charge in [-0.15, -0.1) is 0 Å². The predicted octanol–water partition coefficient (Wildman–Crippen LogP) is 3.74. The lowest BCUT2D eigenvalue weighted by Gasteiger charge is -2.19. The molecule has 0 aliphatic rings. The fourth-order valence-corrected chi connectivity index (χ4v) is 2.52. The molecule has 0 radical (unpaired) electrons. The number of nitrogens with zero attached hydrogens (tertiary/aromatic N) is 1. The number of nitrogens with one attached hydrogen (secondary N) is 1. The number of methoxy groups -OCH3 is 1. The molecule has 2 rings (SSSR count). The van der Waals surface area contributed by atoms with Crippen molar-refractivity contribution < 1.29 is 14.3 Å². The van der Waals surface area contributed by atoms with Crippen LogP contribution in [0.15, 0.2) is 48.5 Å². The van der Waals surface area contributed by atoms with Gasteiger partial charge in [-0.25, -0.2) is 0 Å². The molecule has 26 heavy (non-hydrogen) atoms. The van der Waals surface area contributed by atoms with Crippen molar-refractivity contribution in [2.45, 2.75) is 19.8 Å².